The van der Waals surface area contributed by atoms with Crippen LogP contribution in [-0.2, 0) is 9.53 Å². The van der Waals surface area contributed by atoms with Gasteiger partial charge in [0.25, 0.3) is 5.91 Å². The van der Waals surface area contributed by atoms with E-state index in [9.17, 15) is 14.7 Å². The number of carboxylic acids is 1. The van der Waals surface area contributed by atoms with Gasteiger partial charge in [-0.15, -0.1) is 0 Å². The molecule has 25 heavy (non-hydrogen) atoms. The molecular weight excluding hydrogens is 367 g/mol. The summed E-state index contributed by atoms with van der Waals surface area (Å²) in [6, 6.07) is 3.56. The highest BCUT2D eigenvalue weighted by atomic mass is 35.5. The van der Waals surface area contributed by atoms with Crippen molar-refractivity contribution in [3.8, 4) is 0 Å². The van der Waals surface area contributed by atoms with E-state index in [1.54, 1.807) is 6.07 Å². The van der Waals surface area contributed by atoms with E-state index >= 15 is 0 Å². The Morgan fingerprint density at radius 3 is 2.52 bits per heavy atom. The molecule has 0 aliphatic carbocycles. The lowest BCUT2D eigenvalue weighted by atomic mass is 9.97. The third-order valence-electron chi connectivity index (χ3n) is 5.02. The second kappa shape index (κ2) is 7.11. The molecule has 1 aromatic rings. The van der Waals surface area contributed by atoms with E-state index in [0.29, 0.717) is 23.4 Å². The molecule has 3 rings (SSSR count). The fourth-order valence-electron chi connectivity index (χ4n) is 3.54. The molecule has 0 bridgehead atoms. The summed E-state index contributed by atoms with van der Waals surface area (Å²) >= 11 is 11.9. The van der Waals surface area contributed by atoms with E-state index in [2.05, 4.69) is 11.8 Å². The van der Waals surface area contributed by atoms with Crippen molar-refractivity contribution < 1.29 is 19.4 Å². The van der Waals surface area contributed by atoms with E-state index in [0.717, 1.165) is 19.6 Å². The van der Waals surface area contributed by atoms with Gasteiger partial charge in [0.1, 0.15) is 5.72 Å². The van der Waals surface area contributed by atoms with Crippen LogP contribution < -0.4 is 0 Å². The maximum atomic E-state index is 13.1. The van der Waals surface area contributed by atoms with Crippen molar-refractivity contribution in [2.45, 2.75) is 31.5 Å². The Balaban J connectivity index is 1.93. The predicted molar refractivity (Wildman–Crippen MR) is 94.1 cm³/mol. The summed E-state index contributed by atoms with van der Waals surface area (Å²) < 4.78 is 5.90. The Bertz CT molecular complexity index is 689. The molecule has 2 aliphatic rings. The van der Waals surface area contributed by atoms with Crippen LogP contribution in [0.25, 0.3) is 0 Å². The molecule has 1 atom stereocenters. The van der Waals surface area contributed by atoms with E-state index in [1.807, 2.05) is 0 Å². The number of carbonyl (C=O) groups excluding carboxylic acids is 1. The van der Waals surface area contributed by atoms with E-state index < -0.39 is 23.6 Å². The second-order valence-corrected chi connectivity index (χ2v) is 7.16. The molecule has 2 heterocycles. The van der Waals surface area contributed by atoms with Crippen LogP contribution in [0.3, 0.4) is 0 Å². The fourth-order valence-corrected chi connectivity index (χ4v) is 3.84. The number of rotatable bonds is 3. The summed E-state index contributed by atoms with van der Waals surface area (Å²) in [5.74, 6) is -1.46. The zero-order chi connectivity index (χ0) is 18.2. The first-order valence-electron chi connectivity index (χ1n) is 8.26. The number of carboxylic acid groups (broad SMARTS) is 1. The molecule has 1 spiro atoms. The van der Waals surface area contributed by atoms with Gasteiger partial charge in [0.2, 0.25) is 0 Å². The SMILES string of the molecule is CCN1CCC2(CC1)OC[C@@H](C(=O)O)N2C(=O)c1ccc(Cl)c(Cl)c1. The summed E-state index contributed by atoms with van der Waals surface area (Å²) in [5, 5.41) is 10.2. The summed E-state index contributed by atoms with van der Waals surface area (Å²) in [4.78, 5) is 28.4. The van der Waals surface area contributed by atoms with E-state index in [1.165, 1.54) is 17.0 Å². The van der Waals surface area contributed by atoms with Crippen LogP contribution in [0.1, 0.15) is 30.1 Å². The second-order valence-electron chi connectivity index (χ2n) is 6.35. The highest BCUT2D eigenvalue weighted by molar-refractivity contribution is 6.42. The molecule has 2 aliphatic heterocycles. The number of amides is 1. The first-order valence-corrected chi connectivity index (χ1v) is 9.01. The number of hydrogen-bond donors (Lipinski definition) is 1. The molecular formula is C17H20Cl2N2O4. The lowest BCUT2D eigenvalue weighted by Gasteiger charge is -2.44. The van der Waals surface area contributed by atoms with Crippen LogP contribution in [0.4, 0.5) is 0 Å². The molecule has 0 aromatic heterocycles. The maximum Gasteiger partial charge on any atom is 0.328 e. The molecule has 0 unspecified atom stereocenters. The topological polar surface area (TPSA) is 70.1 Å². The Kier molecular flexibility index (Phi) is 5.25. The highest BCUT2D eigenvalue weighted by Gasteiger charge is 2.53. The van der Waals surface area contributed by atoms with Gasteiger partial charge in [-0.25, -0.2) is 4.79 Å². The van der Waals surface area contributed by atoms with Crippen LogP contribution in [0.5, 0.6) is 0 Å². The third-order valence-corrected chi connectivity index (χ3v) is 5.75. The number of halogens is 2. The molecule has 1 amide bonds. The van der Waals surface area contributed by atoms with Crippen molar-refractivity contribution >= 4 is 35.1 Å². The largest absolute Gasteiger partial charge is 0.480 e. The van der Waals surface area contributed by atoms with Gasteiger partial charge in [0.05, 0.1) is 16.7 Å². The van der Waals surface area contributed by atoms with Gasteiger partial charge in [-0.05, 0) is 24.7 Å². The number of benzene rings is 1. The monoisotopic (exact) mass is 386 g/mol. The minimum absolute atomic E-state index is 0.00544. The van der Waals surface area contributed by atoms with Crippen molar-refractivity contribution in [1.29, 1.82) is 0 Å². The fraction of sp³-hybridized carbons (Fsp3) is 0.529. The lowest BCUT2D eigenvalue weighted by molar-refractivity contribution is -0.143. The van der Waals surface area contributed by atoms with Crippen molar-refractivity contribution in [2.24, 2.45) is 0 Å². The molecule has 6 nitrogen and oxygen atoms in total. The Morgan fingerprint density at radius 2 is 1.96 bits per heavy atom. The number of piperidine rings is 1. The van der Waals surface area contributed by atoms with Crippen LogP contribution in [0.15, 0.2) is 18.2 Å². The van der Waals surface area contributed by atoms with Gasteiger partial charge in [-0.1, -0.05) is 30.1 Å². The average molecular weight is 387 g/mol. The number of hydrogen-bond acceptors (Lipinski definition) is 4. The molecule has 1 aromatic carbocycles. The van der Waals surface area contributed by atoms with E-state index in [4.69, 9.17) is 27.9 Å². The van der Waals surface area contributed by atoms with Gasteiger partial charge in [0, 0.05) is 31.5 Å². The summed E-state index contributed by atoms with van der Waals surface area (Å²) in [5.41, 5.74) is -0.568. The minimum atomic E-state index is -1.07. The maximum absolute atomic E-state index is 13.1. The number of carbonyl (C=O) groups is 2. The quantitative estimate of drug-likeness (QED) is 0.864. The molecule has 0 radical (unpaired) electrons. The molecule has 0 saturated carbocycles. The van der Waals surface area contributed by atoms with Gasteiger partial charge in [0.15, 0.2) is 6.04 Å². The molecule has 136 valence electrons. The zero-order valence-electron chi connectivity index (χ0n) is 13.9. The lowest BCUT2D eigenvalue weighted by Crippen LogP contribution is -2.58. The number of likely N-dealkylation sites (tertiary alicyclic amines) is 1. The van der Waals surface area contributed by atoms with Gasteiger partial charge in [-0.3, -0.25) is 9.69 Å². The van der Waals surface area contributed by atoms with Crippen molar-refractivity contribution in [3.63, 3.8) is 0 Å². The standard InChI is InChI=1S/C17H20Cl2N2O4/c1-2-20-7-5-17(6-8-20)21(14(10-25-17)16(23)24)15(22)11-3-4-12(18)13(19)9-11/h3-4,9,14H,2,5-8,10H2,1H3,(H,23,24)/t14-/m0/s1. The van der Waals surface area contributed by atoms with E-state index in [-0.39, 0.29) is 11.6 Å². The van der Waals surface area contributed by atoms with Crippen LogP contribution in [0.2, 0.25) is 10.0 Å². The van der Waals surface area contributed by atoms with Gasteiger partial charge in [-0.2, -0.15) is 0 Å². The van der Waals surface area contributed by atoms with Gasteiger partial charge >= 0.3 is 5.97 Å². The molecule has 2 fully saturated rings. The summed E-state index contributed by atoms with van der Waals surface area (Å²) in [7, 11) is 0. The first kappa shape index (κ1) is 18.5. The Morgan fingerprint density at radius 1 is 1.28 bits per heavy atom. The molecule has 2 saturated heterocycles. The smallest absolute Gasteiger partial charge is 0.328 e. The van der Waals surface area contributed by atoms with Crippen molar-refractivity contribution in [3.05, 3.63) is 33.8 Å². The first-order chi connectivity index (χ1) is 11.9. The zero-order valence-corrected chi connectivity index (χ0v) is 15.4. The average Bonchev–Trinajstić information content (AvgIpc) is 2.96. The van der Waals surface area contributed by atoms with Crippen molar-refractivity contribution in [1.82, 2.24) is 9.80 Å². The van der Waals surface area contributed by atoms with Gasteiger partial charge < -0.3 is 14.7 Å². The molecule has 8 heteroatoms. The van der Waals surface area contributed by atoms with Crippen molar-refractivity contribution in [2.75, 3.05) is 26.2 Å². The summed E-state index contributed by atoms with van der Waals surface area (Å²) in [6.07, 6.45) is 1.16. The Labute approximate surface area is 156 Å². The minimum Gasteiger partial charge on any atom is -0.480 e. The third kappa shape index (κ3) is 3.36. The summed E-state index contributed by atoms with van der Waals surface area (Å²) in [6.45, 7) is 4.50. The Hall–Kier alpha value is -1.34. The highest BCUT2D eigenvalue weighted by Crippen LogP contribution is 2.38. The predicted octanol–water partition coefficient (Wildman–Crippen LogP) is 2.73. The number of ether oxygens (including phenoxy) is 1. The normalized spacial score (nSPS) is 23.2. The number of nitrogens with zero attached hydrogens (tertiary/aromatic N) is 2. The van der Waals surface area contributed by atoms with Crippen LogP contribution in [0, 0.1) is 0 Å². The van der Waals surface area contributed by atoms with Crippen LogP contribution >= 0.6 is 23.2 Å². The van der Waals surface area contributed by atoms with Crippen LogP contribution in [-0.4, -0.2) is 64.8 Å². The number of aliphatic carboxylic acids is 1. The molecule has 1 N–H and O–H groups in total.